The van der Waals surface area contributed by atoms with E-state index in [1.807, 2.05) is 0 Å². The highest BCUT2D eigenvalue weighted by Gasteiger charge is 2.19. The SMILES string of the molecule is Cc1ccc([N+](=O)[O-])cc1S(=O)(=O)NCCCc1ccc(F)cc1. The van der Waals surface area contributed by atoms with Gasteiger partial charge in [-0.15, -0.1) is 0 Å². The van der Waals surface area contributed by atoms with Crippen LogP contribution in [0.3, 0.4) is 0 Å². The van der Waals surface area contributed by atoms with Crippen LogP contribution in [-0.2, 0) is 16.4 Å². The van der Waals surface area contributed by atoms with E-state index in [-0.39, 0.29) is 22.9 Å². The molecule has 2 rings (SSSR count). The van der Waals surface area contributed by atoms with Crippen molar-refractivity contribution in [1.29, 1.82) is 0 Å². The fourth-order valence-corrected chi connectivity index (χ4v) is 3.56. The molecule has 0 heterocycles. The first kappa shape index (κ1) is 18.0. The smallest absolute Gasteiger partial charge is 0.258 e. The predicted octanol–water partition coefficient (Wildman–Crippen LogP) is 2.95. The minimum absolute atomic E-state index is 0.0986. The zero-order chi connectivity index (χ0) is 17.7. The van der Waals surface area contributed by atoms with Crippen LogP contribution in [-0.4, -0.2) is 19.9 Å². The van der Waals surface area contributed by atoms with Crippen LogP contribution in [0.25, 0.3) is 0 Å². The van der Waals surface area contributed by atoms with Gasteiger partial charge in [0.15, 0.2) is 0 Å². The molecule has 0 atom stereocenters. The Kier molecular flexibility index (Phi) is 5.63. The molecule has 0 saturated heterocycles. The van der Waals surface area contributed by atoms with Crippen molar-refractivity contribution in [3.05, 3.63) is 69.5 Å². The molecular formula is C16H17FN2O4S. The minimum Gasteiger partial charge on any atom is -0.258 e. The summed E-state index contributed by atoms with van der Waals surface area (Å²) in [6.07, 6.45) is 1.12. The molecule has 0 aliphatic heterocycles. The predicted molar refractivity (Wildman–Crippen MR) is 87.7 cm³/mol. The topological polar surface area (TPSA) is 89.3 Å². The third-order valence-corrected chi connectivity index (χ3v) is 5.12. The molecule has 0 radical (unpaired) electrons. The highest BCUT2D eigenvalue weighted by molar-refractivity contribution is 7.89. The van der Waals surface area contributed by atoms with Gasteiger partial charge in [0.1, 0.15) is 5.82 Å². The maximum atomic E-state index is 12.8. The number of hydrogen-bond donors (Lipinski definition) is 1. The van der Waals surface area contributed by atoms with Crippen LogP contribution >= 0.6 is 0 Å². The number of halogens is 1. The standard InChI is InChI=1S/C16H17FN2O4S/c1-12-4-9-15(19(20)21)11-16(12)24(22,23)18-10-2-3-13-5-7-14(17)8-6-13/h4-9,11,18H,2-3,10H2,1H3. The van der Waals surface area contributed by atoms with Crippen LogP contribution < -0.4 is 4.72 Å². The van der Waals surface area contributed by atoms with E-state index >= 15 is 0 Å². The number of non-ortho nitro benzene ring substituents is 1. The van der Waals surface area contributed by atoms with Crippen LogP contribution in [0.15, 0.2) is 47.4 Å². The molecule has 8 heteroatoms. The van der Waals surface area contributed by atoms with Gasteiger partial charge in [-0.2, -0.15) is 0 Å². The summed E-state index contributed by atoms with van der Waals surface area (Å²) in [6, 6.07) is 9.73. The number of nitrogens with zero attached hydrogens (tertiary/aromatic N) is 1. The monoisotopic (exact) mass is 352 g/mol. The number of sulfonamides is 1. The highest BCUT2D eigenvalue weighted by atomic mass is 32.2. The van der Waals surface area contributed by atoms with Crippen LogP contribution in [0.5, 0.6) is 0 Å². The van der Waals surface area contributed by atoms with Gasteiger partial charge < -0.3 is 0 Å². The fraction of sp³-hybridized carbons (Fsp3) is 0.250. The normalized spacial score (nSPS) is 11.4. The number of benzene rings is 2. The van der Waals surface area contributed by atoms with Crippen molar-refractivity contribution in [1.82, 2.24) is 4.72 Å². The van der Waals surface area contributed by atoms with E-state index in [0.29, 0.717) is 18.4 Å². The lowest BCUT2D eigenvalue weighted by molar-refractivity contribution is -0.385. The van der Waals surface area contributed by atoms with Gasteiger partial charge >= 0.3 is 0 Å². The highest BCUT2D eigenvalue weighted by Crippen LogP contribution is 2.21. The molecule has 0 aromatic heterocycles. The van der Waals surface area contributed by atoms with E-state index in [1.54, 1.807) is 19.1 Å². The Labute approximate surface area is 139 Å². The summed E-state index contributed by atoms with van der Waals surface area (Å²) in [7, 11) is -3.82. The molecule has 0 spiro atoms. The molecule has 0 unspecified atom stereocenters. The number of aryl methyl sites for hydroxylation is 2. The van der Waals surface area contributed by atoms with E-state index < -0.39 is 14.9 Å². The van der Waals surface area contributed by atoms with Gasteiger partial charge in [-0.25, -0.2) is 17.5 Å². The Morgan fingerprint density at radius 1 is 1.17 bits per heavy atom. The second-order valence-corrected chi connectivity index (χ2v) is 7.07. The number of nitro groups is 1. The van der Waals surface area contributed by atoms with E-state index in [4.69, 9.17) is 0 Å². The average molecular weight is 352 g/mol. The van der Waals surface area contributed by atoms with E-state index in [9.17, 15) is 22.9 Å². The van der Waals surface area contributed by atoms with Crippen molar-refractivity contribution in [2.45, 2.75) is 24.7 Å². The summed E-state index contributed by atoms with van der Waals surface area (Å²) in [5.74, 6) is -0.319. The minimum atomic E-state index is -3.82. The van der Waals surface area contributed by atoms with Crippen molar-refractivity contribution < 1.29 is 17.7 Å². The van der Waals surface area contributed by atoms with Crippen molar-refractivity contribution in [2.24, 2.45) is 0 Å². The first-order chi connectivity index (χ1) is 11.3. The van der Waals surface area contributed by atoms with Crippen LogP contribution in [0.1, 0.15) is 17.5 Å². The van der Waals surface area contributed by atoms with Gasteiger partial charge in [0, 0.05) is 18.7 Å². The maximum absolute atomic E-state index is 12.8. The Morgan fingerprint density at radius 3 is 2.46 bits per heavy atom. The second kappa shape index (κ2) is 7.50. The van der Waals surface area contributed by atoms with Gasteiger partial charge in [0.25, 0.3) is 5.69 Å². The molecule has 0 saturated carbocycles. The Hall–Kier alpha value is -2.32. The lowest BCUT2D eigenvalue weighted by Crippen LogP contribution is -2.26. The summed E-state index contributed by atoms with van der Waals surface area (Å²) < 4.78 is 39.8. The maximum Gasteiger partial charge on any atom is 0.270 e. The van der Waals surface area contributed by atoms with Crippen molar-refractivity contribution in [3.8, 4) is 0 Å². The lowest BCUT2D eigenvalue weighted by atomic mass is 10.1. The summed E-state index contributed by atoms with van der Waals surface area (Å²) in [6.45, 7) is 1.76. The van der Waals surface area contributed by atoms with E-state index in [1.165, 1.54) is 24.3 Å². The van der Waals surface area contributed by atoms with E-state index in [0.717, 1.165) is 11.6 Å². The van der Waals surface area contributed by atoms with Gasteiger partial charge in [-0.3, -0.25) is 10.1 Å². The van der Waals surface area contributed by atoms with Gasteiger partial charge in [0.2, 0.25) is 10.0 Å². The molecule has 24 heavy (non-hydrogen) atoms. The first-order valence-electron chi connectivity index (χ1n) is 7.29. The molecule has 0 bridgehead atoms. The summed E-state index contributed by atoms with van der Waals surface area (Å²) in [5.41, 5.74) is 1.07. The van der Waals surface area contributed by atoms with Crippen molar-refractivity contribution >= 4 is 15.7 Å². The van der Waals surface area contributed by atoms with Crippen LogP contribution in [0, 0.1) is 22.9 Å². The first-order valence-corrected chi connectivity index (χ1v) is 8.77. The third-order valence-electron chi connectivity index (χ3n) is 3.52. The molecule has 0 aliphatic carbocycles. The number of nitro benzene ring substituents is 1. The number of nitrogens with one attached hydrogen (secondary N) is 1. The molecule has 6 nitrogen and oxygen atoms in total. The molecule has 2 aromatic rings. The molecule has 0 aliphatic rings. The molecule has 0 amide bonds. The zero-order valence-electron chi connectivity index (χ0n) is 13.0. The van der Waals surface area contributed by atoms with Gasteiger partial charge in [-0.05, 0) is 43.0 Å². The Balaban J connectivity index is 2.00. The average Bonchev–Trinajstić information content (AvgIpc) is 2.53. The van der Waals surface area contributed by atoms with Crippen molar-refractivity contribution in [2.75, 3.05) is 6.54 Å². The molecule has 2 aromatic carbocycles. The Bertz CT molecular complexity index is 836. The van der Waals surface area contributed by atoms with Gasteiger partial charge in [0.05, 0.1) is 9.82 Å². The molecular weight excluding hydrogens is 335 g/mol. The second-order valence-electron chi connectivity index (χ2n) is 5.33. The molecule has 1 N–H and O–H groups in total. The number of rotatable bonds is 7. The van der Waals surface area contributed by atoms with E-state index in [2.05, 4.69) is 4.72 Å². The summed E-state index contributed by atoms with van der Waals surface area (Å²) in [5, 5.41) is 10.8. The summed E-state index contributed by atoms with van der Waals surface area (Å²) in [4.78, 5) is 10.1. The lowest BCUT2D eigenvalue weighted by Gasteiger charge is -2.09. The fourth-order valence-electron chi connectivity index (χ4n) is 2.22. The third kappa shape index (κ3) is 4.59. The quantitative estimate of drug-likeness (QED) is 0.471. The Morgan fingerprint density at radius 2 is 1.83 bits per heavy atom. The van der Waals surface area contributed by atoms with Crippen molar-refractivity contribution in [3.63, 3.8) is 0 Å². The van der Waals surface area contributed by atoms with Crippen LogP contribution in [0.2, 0.25) is 0 Å². The molecule has 128 valence electrons. The molecule has 0 fully saturated rings. The number of hydrogen-bond acceptors (Lipinski definition) is 4. The zero-order valence-corrected chi connectivity index (χ0v) is 13.8. The van der Waals surface area contributed by atoms with Crippen LogP contribution in [0.4, 0.5) is 10.1 Å². The van der Waals surface area contributed by atoms with Gasteiger partial charge in [-0.1, -0.05) is 18.2 Å². The largest absolute Gasteiger partial charge is 0.270 e. The summed E-state index contributed by atoms with van der Waals surface area (Å²) >= 11 is 0.